The average molecular weight is 427 g/mol. The fourth-order valence-electron chi connectivity index (χ4n) is 2.00. The van der Waals surface area contributed by atoms with Crippen LogP contribution in [-0.2, 0) is 0 Å². The van der Waals surface area contributed by atoms with Gasteiger partial charge in [-0.3, -0.25) is 0 Å². The molecule has 0 saturated carbocycles. The highest BCUT2D eigenvalue weighted by atomic mass is 35.5. The summed E-state index contributed by atoms with van der Waals surface area (Å²) in [6, 6.07) is 5.17. The number of nitrogens with one attached hydrogen (secondary N) is 2. The molecule has 0 saturated heterocycles. The van der Waals surface area contributed by atoms with Crippen molar-refractivity contribution in [2.45, 2.75) is 0 Å². The van der Waals surface area contributed by atoms with Crippen molar-refractivity contribution in [1.82, 2.24) is 10.9 Å². The molecule has 2 aromatic rings. The van der Waals surface area contributed by atoms with Gasteiger partial charge in [0, 0.05) is 0 Å². The number of amides is 2. The van der Waals surface area contributed by atoms with Gasteiger partial charge in [-0.15, -0.1) is 0 Å². The second-order valence-electron chi connectivity index (χ2n) is 5.18. The number of halogens is 2. The third-order valence-electron chi connectivity index (χ3n) is 3.30. The Bertz CT molecular complexity index is 861. The second kappa shape index (κ2) is 9.67. The van der Waals surface area contributed by atoms with E-state index in [4.69, 9.17) is 32.7 Å². The first-order chi connectivity index (χ1) is 13.3. The number of phenols is 2. The van der Waals surface area contributed by atoms with Crippen molar-refractivity contribution in [2.75, 3.05) is 14.2 Å². The van der Waals surface area contributed by atoms with Gasteiger partial charge in [-0.2, -0.15) is 10.2 Å². The predicted molar refractivity (Wildman–Crippen MR) is 106 cm³/mol. The van der Waals surface area contributed by atoms with Crippen molar-refractivity contribution in [2.24, 2.45) is 10.2 Å². The number of hydrogen-bond acceptors (Lipinski definition) is 7. The molecular weight excluding hydrogens is 411 g/mol. The lowest BCUT2D eigenvalue weighted by Gasteiger charge is -2.06. The van der Waals surface area contributed by atoms with Gasteiger partial charge in [0.25, 0.3) is 0 Å². The SMILES string of the molecule is COc1cc(C=NNC(=O)N/N=C/c2cc(Cl)c(O)c(OC)c2)cc(Cl)c1O. The van der Waals surface area contributed by atoms with Crippen LogP contribution in [0.5, 0.6) is 23.0 Å². The van der Waals surface area contributed by atoms with Crippen molar-refractivity contribution in [3.05, 3.63) is 45.4 Å². The average Bonchev–Trinajstić information content (AvgIpc) is 2.67. The minimum absolute atomic E-state index is 0.0813. The number of methoxy groups -OCH3 is 2. The van der Waals surface area contributed by atoms with Crippen LogP contribution in [-0.4, -0.2) is 42.9 Å². The highest BCUT2D eigenvalue weighted by molar-refractivity contribution is 6.32. The molecule has 0 fully saturated rings. The van der Waals surface area contributed by atoms with Gasteiger partial charge in [0.15, 0.2) is 23.0 Å². The summed E-state index contributed by atoms with van der Waals surface area (Å²) in [6.45, 7) is 0. The summed E-state index contributed by atoms with van der Waals surface area (Å²) in [5.41, 5.74) is 5.39. The van der Waals surface area contributed by atoms with E-state index in [1.165, 1.54) is 50.9 Å². The first-order valence-electron chi connectivity index (χ1n) is 7.60. The molecule has 28 heavy (non-hydrogen) atoms. The molecule has 2 rings (SSSR count). The number of hydrogen-bond donors (Lipinski definition) is 4. The molecule has 0 aromatic heterocycles. The maximum Gasteiger partial charge on any atom is 0.355 e. The molecule has 148 valence electrons. The Balaban J connectivity index is 1.94. The molecule has 0 spiro atoms. The van der Waals surface area contributed by atoms with Crippen LogP contribution >= 0.6 is 23.2 Å². The number of nitrogens with zero attached hydrogens (tertiary/aromatic N) is 2. The lowest BCUT2D eigenvalue weighted by atomic mass is 10.2. The number of rotatable bonds is 6. The molecular formula is C17H16Cl2N4O5. The second-order valence-corrected chi connectivity index (χ2v) is 5.99. The largest absolute Gasteiger partial charge is 0.503 e. The highest BCUT2D eigenvalue weighted by Gasteiger charge is 2.09. The van der Waals surface area contributed by atoms with E-state index >= 15 is 0 Å². The minimum Gasteiger partial charge on any atom is -0.503 e. The van der Waals surface area contributed by atoms with Crippen molar-refractivity contribution < 1.29 is 24.5 Å². The summed E-state index contributed by atoms with van der Waals surface area (Å²) >= 11 is 11.7. The van der Waals surface area contributed by atoms with Gasteiger partial charge in [0.2, 0.25) is 0 Å². The summed E-state index contributed by atoms with van der Waals surface area (Å²) in [6.07, 6.45) is 2.61. The molecule has 9 nitrogen and oxygen atoms in total. The van der Waals surface area contributed by atoms with E-state index in [2.05, 4.69) is 21.1 Å². The summed E-state index contributed by atoms with van der Waals surface area (Å²) in [7, 11) is 2.76. The molecule has 2 aromatic carbocycles. The van der Waals surface area contributed by atoms with Gasteiger partial charge in [-0.1, -0.05) is 23.2 Å². The van der Waals surface area contributed by atoms with Crippen molar-refractivity contribution in [3.63, 3.8) is 0 Å². The van der Waals surface area contributed by atoms with Crippen LogP contribution in [0.15, 0.2) is 34.5 Å². The van der Waals surface area contributed by atoms with Crippen LogP contribution in [0, 0.1) is 0 Å². The Labute approximate surface area is 170 Å². The quantitative estimate of drug-likeness (QED) is 0.417. The lowest BCUT2D eigenvalue weighted by Crippen LogP contribution is -2.28. The maximum absolute atomic E-state index is 11.7. The number of carbonyl (C=O) groups is 1. The van der Waals surface area contributed by atoms with E-state index in [0.717, 1.165) is 0 Å². The predicted octanol–water partition coefficient (Wildman–Crippen LogP) is 3.09. The normalized spacial score (nSPS) is 11.0. The van der Waals surface area contributed by atoms with E-state index in [1.54, 1.807) is 0 Å². The lowest BCUT2D eigenvalue weighted by molar-refractivity contribution is 0.242. The Morgan fingerprint density at radius 1 is 0.893 bits per heavy atom. The number of urea groups is 1. The topological polar surface area (TPSA) is 125 Å². The van der Waals surface area contributed by atoms with Crippen LogP contribution < -0.4 is 20.3 Å². The van der Waals surface area contributed by atoms with Crippen LogP contribution in [0.1, 0.15) is 11.1 Å². The van der Waals surface area contributed by atoms with E-state index in [9.17, 15) is 15.0 Å². The Kier molecular flexibility index (Phi) is 7.30. The minimum atomic E-state index is -0.707. The molecule has 2 amide bonds. The number of phenolic OH excluding ortho intramolecular Hbond substituents is 2. The zero-order valence-electron chi connectivity index (χ0n) is 14.7. The smallest absolute Gasteiger partial charge is 0.355 e. The van der Waals surface area contributed by atoms with E-state index < -0.39 is 6.03 Å². The van der Waals surface area contributed by atoms with Crippen LogP contribution in [0.2, 0.25) is 10.0 Å². The van der Waals surface area contributed by atoms with Crippen molar-refractivity contribution >= 4 is 41.7 Å². The third kappa shape index (κ3) is 5.41. The van der Waals surface area contributed by atoms with Crippen LogP contribution in [0.4, 0.5) is 4.79 Å². The van der Waals surface area contributed by atoms with Crippen molar-refractivity contribution in [3.8, 4) is 23.0 Å². The van der Waals surface area contributed by atoms with Gasteiger partial charge < -0.3 is 19.7 Å². The molecule has 0 aliphatic carbocycles. The van der Waals surface area contributed by atoms with E-state index in [-0.39, 0.29) is 33.0 Å². The van der Waals surface area contributed by atoms with E-state index in [1.807, 2.05) is 0 Å². The summed E-state index contributed by atoms with van der Waals surface area (Å²) < 4.78 is 9.94. The first-order valence-corrected chi connectivity index (χ1v) is 8.36. The number of benzene rings is 2. The van der Waals surface area contributed by atoms with E-state index in [0.29, 0.717) is 11.1 Å². The molecule has 4 N–H and O–H groups in total. The summed E-state index contributed by atoms with van der Waals surface area (Å²) in [5, 5.41) is 27.0. The number of hydrazone groups is 2. The molecule has 0 unspecified atom stereocenters. The standard InChI is InChI=1S/C17H16Cl2N4O5/c1-27-13-5-9(3-11(18)15(13)24)7-20-22-17(26)23-21-8-10-4-12(19)16(25)14(6-10)28-2/h3-8,24-25H,1-2H3,(H2,22,23,26)/b20-7+,21-8?. The monoisotopic (exact) mass is 426 g/mol. The first kappa shape index (κ1) is 21.1. The van der Waals surface area contributed by atoms with Crippen molar-refractivity contribution in [1.29, 1.82) is 0 Å². The highest BCUT2D eigenvalue weighted by Crippen LogP contribution is 2.35. The third-order valence-corrected chi connectivity index (χ3v) is 3.88. The number of ether oxygens (including phenoxy) is 2. The maximum atomic E-state index is 11.7. The molecule has 11 heteroatoms. The Morgan fingerprint density at radius 3 is 1.64 bits per heavy atom. The number of carbonyl (C=O) groups excluding carboxylic acids is 1. The fourth-order valence-corrected chi connectivity index (χ4v) is 2.44. The number of aromatic hydroxyl groups is 2. The molecule has 0 bridgehead atoms. The van der Waals surface area contributed by atoms with Gasteiger partial charge in [-0.25, -0.2) is 15.6 Å². The van der Waals surface area contributed by atoms with Gasteiger partial charge in [0.1, 0.15) is 0 Å². The fraction of sp³-hybridized carbons (Fsp3) is 0.118. The van der Waals surface area contributed by atoms with Gasteiger partial charge in [0.05, 0.1) is 36.7 Å². The summed E-state index contributed by atoms with van der Waals surface area (Å²) in [4.78, 5) is 11.7. The Hall–Kier alpha value is -3.17. The molecule has 0 heterocycles. The van der Waals surface area contributed by atoms with Gasteiger partial charge >= 0.3 is 6.03 Å². The van der Waals surface area contributed by atoms with Crippen LogP contribution in [0.3, 0.4) is 0 Å². The van der Waals surface area contributed by atoms with Gasteiger partial charge in [-0.05, 0) is 35.4 Å². The molecule has 0 aliphatic rings. The zero-order valence-corrected chi connectivity index (χ0v) is 16.2. The molecule has 0 radical (unpaired) electrons. The Morgan fingerprint density at radius 2 is 1.29 bits per heavy atom. The zero-order chi connectivity index (χ0) is 20.7. The summed E-state index contributed by atoms with van der Waals surface area (Å²) in [5.74, 6) is -0.0309. The van der Waals surface area contributed by atoms with Crippen LogP contribution in [0.25, 0.3) is 0 Å². The molecule has 0 atom stereocenters. The molecule has 0 aliphatic heterocycles.